The van der Waals surface area contributed by atoms with Crippen molar-refractivity contribution in [1.29, 1.82) is 0 Å². The number of piperidine rings is 1. The Balaban J connectivity index is 1.63. The first-order valence-corrected chi connectivity index (χ1v) is 13.8. The fourth-order valence-electron chi connectivity index (χ4n) is 3.88. The molecule has 1 fully saturated rings. The number of hydrogen-bond donors (Lipinski definition) is 2. The van der Waals surface area contributed by atoms with E-state index in [2.05, 4.69) is 30.5 Å². The standard InChI is InChI=1S/C23H28ClN6O2P/c1-32-20-18(11-12-25-22(20)30-13-7-4-8-14-30)28-23-26-15-16(24)21(29-23)27-17-9-5-6-10-19(17)33(2,3)31/h5-6,9-12,15H,4,7-8,13-14H2,1-3H3,(H2,25,26,27,28,29). The Morgan fingerprint density at radius 1 is 1.03 bits per heavy atom. The van der Waals surface area contributed by atoms with Gasteiger partial charge in [0, 0.05) is 24.6 Å². The van der Waals surface area contributed by atoms with Crippen molar-refractivity contribution in [2.75, 3.05) is 49.1 Å². The number of para-hydroxylation sites is 1. The molecule has 174 valence electrons. The quantitative estimate of drug-likeness (QED) is 0.437. The number of anilines is 5. The molecule has 1 aromatic carbocycles. The van der Waals surface area contributed by atoms with Crippen LogP contribution < -0.4 is 25.6 Å². The van der Waals surface area contributed by atoms with Gasteiger partial charge in [-0.3, -0.25) is 0 Å². The zero-order chi connectivity index (χ0) is 23.4. The summed E-state index contributed by atoms with van der Waals surface area (Å²) in [7, 11) is -0.862. The molecular weight excluding hydrogens is 459 g/mol. The number of ether oxygens (including phenoxy) is 1. The van der Waals surface area contributed by atoms with Crippen molar-refractivity contribution >= 4 is 53.0 Å². The minimum absolute atomic E-state index is 0.352. The van der Waals surface area contributed by atoms with Gasteiger partial charge < -0.3 is 24.8 Å². The number of nitrogens with zero attached hydrogens (tertiary/aromatic N) is 4. The van der Waals surface area contributed by atoms with Crippen LogP contribution in [0, 0.1) is 0 Å². The van der Waals surface area contributed by atoms with Gasteiger partial charge >= 0.3 is 0 Å². The number of pyridine rings is 1. The summed E-state index contributed by atoms with van der Waals surface area (Å²) < 4.78 is 18.4. The molecule has 1 saturated heterocycles. The molecule has 0 spiro atoms. The maximum atomic E-state index is 12.7. The third-order valence-electron chi connectivity index (χ3n) is 5.47. The highest BCUT2D eigenvalue weighted by atomic mass is 35.5. The van der Waals surface area contributed by atoms with Gasteiger partial charge in [0.25, 0.3) is 0 Å². The van der Waals surface area contributed by atoms with Crippen LogP contribution in [0.2, 0.25) is 5.02 Å². The summed E-state index contributed by atoms with van der Waals surface area (Å²) >= 11 is 6.38. The SMILES string of the molecule is COc1c(Nc2ncc(Cl)c(Nc3ccccc3P(C)(C)=O)n2)ccnc1N1CCCCC1. The number of aromatic nitrogens is 3. The lowest BCUT2D eigenvalue weighted by Crippen LogP contribution is -2.30. The lowest BCUT2D eigenvalue weighted by Gasteiger charge is -2.29. The zero-order valence-corrected chi connectivity index (χ0v) is 20.7. The van der Waals surface area contributed by atoms with Gasteiger partial charge in [0.05, 0.1) is 24.7 Å². The second kappa shape index (κ2) is 9.98. The van der Waals surface area contributed by atoms with Crippen molar-refractivity contribution in [2.45, 2.75) is 19.3 Å². The van der Waals surface area contributed by atoms with Crippen LogP contribution in [-0.4, -0.2) is 48.5 Å². The van der Waals surface area contributed by atoms with Crippen molar-refractivity contribution in [1.82, 2.24) is 15.0 Å². The van der Waals surface area contributed by atoms with E-state index < -0.39 is 7.14 Å². The van der Waals surface area contributed by atoms with Crippen LogP contribution in [0.4, 0.5) is 29.0 Å². The first-order chi connectivity index (χ1) is 15.9. The summed E-state index contributed by atoms with van der Waals surface area (Å²) in [4.78, 5) is 15.7. The van der Waals surface area contributed by atoms with E-state index in [1.54, 1.807) is 26.6 Å². The molecule has 0 amide bonds. The van der Waals surface area contributed by atoms with Gasteiger partial charge in [-0.05, 0) is 50.8 Å². The largest absolute Gasteiger partial charge is 0.491 e. The molecule has 0 saturated carbocycles. The Labute approximate surface area is 199 Å². The van der Waals surface area contributed by atoms with E-state index >= 15 is 0 Å². The number of nitrogens with one attached hydrogen (secondary N) is 2. The molecule has 4 rings (SSSR count). The molecular formula is C23H28ClN6O2P. The minimum atomic E-state index is -2.50. The van der Waals surface area contributed by atoms with Gasteiger partial charge in [-0.25, -0.2) is 9.97 Å². The molecule has 1 aliphatic heterocycles. The number of halogens is 1. The molecule has 0 atom stereocenters. The van der Waals surface area contributed by atoms with Crippen LogP contribution in [0.15, 0.2) is 42.7 Å². The van der Waals surface area contributed by atoms with E-state index in [9.17, 15) is 4.57 Å². The van der Waals surface area contributed by atoms with Gasteiger partial charge in [-0.2, -0.15) is 4.98 Å². The van der Waals surface area contributed by atoms with Gasteiger partial charge in [-0.15, -0.1) is 0 Å². The lowest BCUT2D eigenvalue weighted by atomic mass is 10.1. The number of benzene rings is 1. The summed E-state index contributed by atoms with van der Waals surface area (Å²) in [6.07, 6.45) is 6.79. The van der Waals surface area contributed by atoms with E-state index in [1.807, 2.05) is 30.3 Å². The number of methoxy groups -OCH3 is 1. The highest BCUT2D eigenvalue weighted by Gasteiger charge is 2.20. The predicted octanol–water partition coefficient (Wildman–Crippen LogP) is 5.26. The highest BCUT2D eigenvalue weighted by molar-refractivity contribution is 7.70. The van der Waals surface area contributed by atoms with Crippen LogP contribution in [0.5, 0.6) is 5.75 Å². The molecule has 2 N–H and O–H groups in total. The molecule has 3 heterocycles. The average molecular weight is 487 g/mol. The highest BCUT2D eigenvalue weighted by Crippen LogP contribution is 2.39. The summed E-state index contributed by atoms with van der Waals surface area (Å²) in [5.74, 6) is 2.23. The Bertz CT molecular complexity index is 1180. The molecule has 0 unspecified atom stereocenters. The van der Waals surface area contributed by atoms with Gasteiger partial charge in [0.15, 0.2) is 17.4 Å². The maximum absolute atomic E-state index is 12.7. The topological polar surface area (TPSA) is 92.3 Å². The number of hydrogen-bond acceptors (Lipinski definition) is 8. The second-order valence-corrected chi connectivity index (χ2v) is 11.9. The molecule has 2 aromatic heterocycles. The Morgan fingerprint density at radius 2 is 1.79 bits per heavy atom. The predicted molar refractivity (Wildman–Crippen MR) is 136 cm³/mol. The van der Waals surface area contributed by atoms with Crippen LogP contribution in [0.3, 0.4) is 0 Å². The Morgan fingerprint density at radius 3 is 2.52 bits per heavy atom. The molecule has 0 aliphatic carbocycles. The zero-order valence-electron chi connectivity index (χ0n) is 19.0. The number of rotatable bonds is 7. The van der Waals surface area contributed by atoms with Gasteiger partial charge in [-0.1, -0.05) is 23.7 Å². The third-order valence-corrected chi connectivity index (χ3v) is 7.30. The summed E-state index contributed by atoms with van der Waals surface area (Å²) in [5.41, 5.74) is 1.42. The molecule has 0 radical (unpaired) electrons. The second-order valence-electron chi connectivity index (χ2n) is 8.27. The summed E-state index contributed by atoms with van der Waals surface area (Å²) in [6, 6.07) is 9.28. The Kier molecular flexibility index (Phi) is 7.05. The van der Waals surface area contributed by atoms with Crippen LogP contribution in [-0.2, 0) is 4.57 Å². The minimum Gasteiger partial charge on any atom is -0.491 e. The van der Waals surface area contributed by atoms with E-state index in [-0.39, 0.29) is 0 Å². The molecule has 3 aromatic rings. The van der Waals surface area contributed by atoms with E-state index in [4.69, 9.17) is 16.3 Å². The fourth-order valence-corrected chi connectivity index (χ4v) is 5.17. The normalized spacial score (nSPS) is 14.1. The molecule has 1 aliphatic rings. The van der Waals surface area contributed by atoms with E-state index in [0.29, 0.717) is 33.9 Å². The average Bonchev–Trinajstić information content (AvgIpc) is 2.81. The van der Waals surface area contributed by atoms with Crippen molar-refractivity contribution in [3.8, 4) is 5.75 Å². The van der Waals surface area contributed by atoms with Gasteiger partial charge in [0.1, 0.15) is 12.2 Å². The van der Waals surface area contributed by atoms with Gasteiger partial charge in [0.2, 0.25) is 5.95 Å². The fraction of sp³-hybridized carbons (Fsp3) is 0.348. The molecule has 33 heavy (non-hydrogen) atoms. The van der Waals surface area contributed by atoms with Crippen LogP contribution in [0.25, 0.3) is 0 Å². The van der Waals surface area contributed by atoms with Crippen LogP contribution in [0.1, 0.15) is 19.3 Å². The smallest absolute Gasteiger partial charge is 0.229 e. The molecule has 10 heteroatoms. The lowest BCUT2D eigenvalue weighted by molar-refractivity contribution is 0.412. The Hall–Kier alpha value is -2.83. The summed E-state index contributed by atoms with van der Waals surface area (Å²) in [5, 5.41) is 7.54. The van der Waals surface area contributed by atoms with Crippen molar-refractivity contribution in [2.24, 2.45) is 0 Å². The van der Waals surface area contributed by atoms with Crippen LogP contribution >= 0.6 is 18.7 Å². The third kappa shape index (κ3) is 5.40. The van der Waals surface area contributed by atoms with Crippen molar-refractivity contribution in [3.05, 3.63) is 47.7 Å². The first-order valence-electron chi connectivity index (χ1n) is 10.9. The first kappa shape index (κ1) is 23.3. The molecule has 8 nitrogen and oxygen atoms in total. The molecule has 0 bridgehead atoms. The maximum Gasteiger partial charge on any atom is 0.229 e. The van der Waals surface area contributed by atoms with Crippen molar-refractivity contribution in [3.63, 3.8) is 0 Å². The van der Waals surface area contributed by atoms with E-state index in [1.165, 1.54) is 12.6 Å². The van der Waals surface area contributed by atoms with Crippen molar-refractivity contribution < 1.29 is 9.30 Å². The van der Waals surface area contributed by atoms with E-state index in [0.717, 1.165) is 37.1 Å². The monoisotopic (exact) mass is 486 g/mol. The summed E-state index contributed by atoms with van der Waals surface area (Å²) in [6.45, 7) is 5.38.